The van der Waals surface area contributed by atoms with Crippen LogP contribution in [-0.2, 0) is 5.60 Å². The van der Waals surface area contributed by atoms with Crippen LogP contribution >= 0.6 is 0 Å². The number of amides is 1. The van der Waals surface area contributed by atoms with Crippen LogP contribution in [0, 0.1) is 5.82 Å². The number of halogens is 3. The normalized spacial score (nSPS) is 28.4. The standard InChI is InChI=1S/C28H24F3N5O4/c1-27(38)11-28(39,12-27)25-32-8-13(9-33-25)15-6-18-22-16-7-19(23(22)34-36(18)10-17(15)29)35(2)24(37)14-4-3-5-20(21(14)16)40-26(30)31/h3-6,8-10,16,19,26,38-39H,7,11-12H2,1-2H3/t16-,19-,27?,28?/m1/s1/i2D3. The number of ether oxygens (including phenoxy) is 1. The van der Waals surface area contributed by atoms with Gasteiger partial charge in [0.15, 0.2) is 5.82 Å². The number of pyridine rings is 1. The van der Waals surface area contributed by atoms with E-state index in [1.807, 2.05) is 0 Å². The maximum Gasteiger partial charge on any atom is 0.387 e. The second-order valence-corrected chi connectivity index (χ2v) is 10.9. The minimum atomic E-state index is -3.20. The Labute approximate surface area is 230 Å². The molecule has 0 radical (unpaired) electrons. The number of hydrogen-bond acceptors (Lipinski definition) is 7. The summed E-state index contributed by atoms with van der Waals surface area (Å²) in [5, 5.41) is 25.2. The minimum Gasteiger partial charge on any atom is -0.434 e. The Balaban J connectivity index is 1.39. The molecule has 40 heavy (non-hydrogen) atoms. The van der Waals surface area contributed by atoms with Gasteiger partial charge in [-0.2, -0.15) is 13.9 Å². The first-order valence-corrected chi connectivity index (χ1v) is 12.6. The number of fused-ring (bicyclic) bond motifs is 9. The van der Waals surface area contributed by atoms with Gasteiger partial charge >= 0.3 is 6.61 Å². The third-order valence-electron chi connectivity index (χ3n) is 8.03. The number of nitrogens with zero attached hydrogens (tertiary/aromatic N) is 5. The van der Waals surface area contributed by atoms with Crippen LogP contribution in [0.3, 0.4) is 0 Å². The van der Waals surface area contributed by atoms with Crippen molar-refractivity contribution in [3.63, 3.8) is 0 Å². The Morgan fingerprint density at radius 3 is 2.60 bits per heavy atom. The van der Waals surface area contributed by atoms with Crippen molar-refractivity contribution in [2.75, 3.05) is 6.98 Å². The number of carbonyl (C=O) groups excluding carboxylic acids is 1. The zero-order valence-corrected chi connectivity index (χ0v) is 21.0. The predicted molar refractivity (Wildman–Crippen MR) is 134 cm³/mol. The molecule has 1 aliphatic heterocycles. The lowest BCUT2D eigenvalue weighted by atomic mass is 9.68. The Morgan fingerprint density at radius 2 is 1.93 bits per heavy atom. The zero-order chi connectivity index (χ0) is 30.6. The Morgan fingerprint density at radius 1 is 1.18 bits per heavy atom. The van der Waals surface area contributed by atoms with Gasteiger partial charge in [-0.05, 0) is 31.5 Å². The van der Waals surface area contributed by atoms with Crippen molar-refractivity contribution < 1.29 is 37.0 Å². The molecule has 0 unspecified atom stereocenters. The van der Waals surface area contributed by atoms with Crippen LogP contribution in [0.5, 0.6) is 5.75 Å². The number of aromatic nitrogens is 4. The molecule has 0 spiro atoms. The van der Waals surface area contributed by atoms with Gasteiger partial charge in [0.1, 0.15) is 17.2 Å². The molecule has 0 saturated heterocycles. The molecule has 1 aromatic carbocycles. The summed E-state index contributed by atoms with van der Waals surface area (Å²) in [5.41, 5.74) is -1.00. The molecule has 206 valence electrons. The van der Waals surface area contributed by atoms with Gasteiger partial charge in [-0.25, -0.2) is 18.9 Å². The molecule has 3 aromatic heterocycles. The molecule has 1 fully saturated rings. The third-order valence-corrected chi connectivity index (χ3v) is 8.03. The van der Waals surface area contributed by atoms with Gasteiger partial charge in [0, 0.05) is 70.1 Å². The van der Waals surface area contributed by atoms with Crippen molar-refractivity contribution in [3.8, 4) is 16.9 Å². The fourth-order valence-electron chi connectivity index (χ4n) is 6.50. The van der Waals surface area contributed by atoms with Crippen molar-refractivity contribution in [1.29, 1.82) is 0 Å². The van der Waals surface area contributed by atoms with Gasteiger partial charge in [-0.3, -0.25) is 4.79 Å². The second-order valence-electron chi connectivity index (χ2n) is 10.9. The largest absolute Gasteiger partial charge is 0.434 e. The fourth-order valence-corrected chi connectivity index (χ4v) is 6.50. The fraction of sp³-hybridized carbons (Fsp3) is 0.357. The molecule has 2 N–H and O–H groups in total. The summed E-state index contributed by atoms with van der Waals surface area (Å²) < 4.78 is 72.7. The highest BCUT2D eigenvalue weighted by molar-refractivity contribution is 5.98. The highest BCUT2D eigenvalue weighted by Gasteiger charge is 2.53. The highest BCUT2D eigenvalue weighted by atomic mass is 19.3. The quantitative estimate of drug-likeness (QED) is 0.393. The summed E-state index contributed by atoms with van der Waals surface area (Å²) in [6.07, 6.45) is 3.95. The van der Waals surface area contributed by atoms with Crippen LogP contribution in [0.2, 0.25) is 0 Å². The summed E-state index contributed by atoms with van der Waals surface area (Å²) >= 11 is 0. The van der Waals surface area contributed by atoms with Crippen molar-refractivity contribution in [3.05, 3.63) is 76.9 Å². The average molecular weight is 555 g/mol. The first-order valence-electron chi connectivity index (χ1n) is 14.1. The minimum absolute atomic E-state index is 0.0434. The predicted octanol–water partition coefficient (Wildman–Crippen LogP) is 3.93. The Kier molecular flexibility index (Phi) is 4.48. The Bertz CT molecular complexity index is 1800. The molecular weight excluding hydrogens is 527 g/mol. The number of rotatable bonds is 4. The molecule has 12 heteroatoms. The van der Waals surface area contributed by atoms with E-state index in [-0.39, 0.29) is 58.8 Å². The monoisotopic (exact) mass is 554 g/mol. The molecule has 3 aliphatic rings. The maximum atomic E-state index is 15.5. The molecule has 1 saturated carbocycles. The van der Waals surface area contributed by atoms with E-state index in [4.69, 9.17) is 8.85 Å². The number of hydrogen-bond donors (Lipinski definition) is 2. The maximum absolute atomic E-state index is 15.5. The zero-order valence-electron chi connectivity index (χ0n) is 24.0. The molecule has 2 aliphatic carbocycles. The van der Waals surface area contributed by atoms with Gasteiger partial charge in [0.05, 0.1) is 29.1 Å². The number of alkyl halides is 2. The van der Waals surface area contributed by atoms with Gasteiger partial charge < -0.3 is 19.8 Å². The van der Waals surface area contributed by atoms with Crippen molar-refractivity contribution in [1.82, 2.24) is 24.5 Å². The average Bonchev–Trinajstić information content (AvgIpc) is 3.38. The first-order chi connectivity index (χ1) is 20.2. The van der Waals surface area contributed by atoms with E-state index in [9.17, 15) is 23.8 Å². The van der Waals surface area contributed by atoms with Crippen LogP contribution in [0.4, 0.5) is 13.2 Å². The molecule has 1 amide bonds. The molecule has 9 nitrogen and oxygen atoms in total. The number of benzene rings is 1. The van der Waals surface area contributed by atoms with E-state index in [1.54, 1.807) is 6.92 Å². The van der Waals surface area contributed by atoms with E-state index < -0.39 is 48.5 Å². The van der Waals surface area contributed by atoms with Gasteiger partial charge in [-0.1, -0.05) is 6.07 Å². The molecular formula is C28H24F3N5O4. The summed E-state index contributed by atoms with van der Waals surface area (Å²) in [6, 6.07) is 4.46. The van der Waals surface area contributed by atoms with E-state index >= 15 is 4.39 Å². The van der Waals surface area contributed by atoms with Gasteiger partial charge in [0.25, 0.3) is 5.91 Å². The van der Waals surface area contributed by atoms with Crippen LogP contribution in [-0.4, -0.2) is 59.8 Å². The molecule has 4 aromatic rings. The van der Waals surface area contributed by atoms with Crippen molar-refractivity contribution in [2.24, 2.45) is 0 Å². The summed E-state index contributed by atoms with van der Waals surface area (Å²) in [7, 11) is 0. The lowest BCUT2D eigenvalue weighted by Crippen LogP contribution is -2.53. The summed E-state index contributed by atoms with van der Waals surface area (Å²) in [4.78, 5) is 22.7. The van der Waals surface area contributed by atoms with Crippen molar-refractivity contribution in [2.45, 2.75) is 56.0 Å². The molecule has 2 atom stereocenters. The van der Waals surface area contributed by atoms with E-state index in [0.29, 0.717) is 11.1 Å². The smallest absolute Gasteiger partial charge is 0.387 e. The van der Waals surface area contributed by atoms with Crippen LogP contribution in [0.15, 0.2) is 42.9 Å². The second kappa shape index (κ2) is 8.24. The molecule has 7 rings (SSSR count). The SMILES string of the molecule is [2H]C([2H])([2H])N1C(=O)c2cccc(OC(F)F)c2[C@H]2C[C@@H]1c1nn3cc(F)c(-c4cnc(C5(O)CC(C)(O)C5)nc4)cc3c12. The van der Waals surface area contributed by atoms with E-state index in [1.165, 1.54) is 41.2 Å². The number of carbonyl (C=O) groups is 1. The number of aliphatic hydroxyl groups is 2. The van der Waals surface area contributed by atoms with E-state index in [0.717, 1.165) is 11.1 Å². The van der Waals surface area contributed by atoms with Crippen LogP contribution in [0.25, 0.3) is 16.6 Å². The van der Waals surface area contributed by atoms with Gasteiger partial charge in [0.2, 0.25) is 0 Å². The molecule has 4 heterocycles. The summed E-state index contributed by atoms with van der Waals surface area (Å²) in [6.45, 7) is -4.50. The van der Waals surface area contributed by atoms with Crippen molar-refractivity contribution >= 4 is 11.4 Å². The first kappa shape index (κ1) is 21.8. The highest BCUT2D eigenvalue weighted by Crippen LogP contribution is 2.54. The van der Waals surface area contributed by atoms with Gasteiger partial charge in [-0.15, -0.1) is 0 Å². The topological polar surface area (TPSA) is 113 Å². The Hall–Kier alpha value is -4.03. The molecule has 2 bridgehead atoms. The third kappa shape index (κ3) is 3.55. The lowest BCUT2D eigenvalue weighted by molar-refractivity contribution is -0.180. The van der Waals surface area contributed by atoms with Crippen LogP contribution in [0.1, 0.15) is 75.3 Å². The lowest BCUT2D eigenvalue weighted by Gasteiger charge is -2.46. The van der Waals surface area contributed by atoms with Crippen LogP contribution < -0.4 is 4.74 Å². The summed E-state index contributed by atoms with van der Waals surface area (Å²) in [5.74, 6) is -2.51. The van der Waals surface area contributed by atoms with E-state index in [2.05, 4.69) is 15.1 Å².